The lowest BCUT2D eigenvalue weighted by Gasteiger charge is -2.05. The Balaban J connectivity index is 2.30. The third kappa shape index (κ3) is 2.70. The average molecular weight is 277 g/mol. The van der Waals surface area contributed by atoms with Crippen molar-refractivity contribution in [3.05, 3.63) is 40.3 Å². The van der Waals surface area contributed by atoms with Gasteiger partial charge in [-0.1, -0.05) is 43.0 Å². The van der Waals surface area contributed by atoms with E-state index >= 15 is 0 Å². The van der Waals surface area contributed by atoms with Crippen molar-refractivity contribution in [3.8, 4) is 0 Å². The molecule has 0 saturated carbocycles. The molecule has 0 bridgehead atoms. The van der Waals surface area contributed by atoms with Crippen LogP contribution in [0.2, 0.25) is 0 Å². The fourth-order valence-corrected chi connectivity index (χ4v) is 3.20. The van der Waals surface area contributed by atoms with Gasteiger partial charge in [0.05, 0.1) is 4.91 Å². The number of carbonyl (C=O) groups is 1. The van der Waals surface area contributed by atoms with Crippen LogP contribution in [0.4, 0.5) is 0 Å². The van der Waals surface area contributed by atoms with Gasteiger partial charge in [0.2, 0.25) is 0 Å². The van der Waals surface area contributed by atoms with Crippen molar-refractivity contribution >= 4 is 39.4 Å². The Hall–Kier alpha value is -1.00. The first-order valence-corrected chi connectivity index (χ1v) is 7.85. The Morgan fingerprint density at radius 2 is 2.00 bits per heavy atom. The second kappa shape index (κ2) is 5.76. The summed E-state index contributed by atoms with van der Waals surface area (Å²) in [5.41, 5.74) is 3.42. The molecular formula is C14H15NOS2. The molecule has 0 saturated heterocycles. The van der Waals surface area contributed by atoms with E-state index in [-0.39, 0.29) is 5.91 Å². The summed E-state index contributed by atoms with van der Waals surface area (Å²) in [6, 6.07) is 8.37. The highest BCUT2D eigenvalue weighted by molar-refractivity contribution is 8.40. The van der Waals surface area contributed by atoms with Crippen LogP contribution in [0.1, 0.15) is 25.0 Å². The molecule has 0 N–H and O–H groups in total. The van der Waals surface area contributed by atoms with Gasteiger partial charge >= 0.3 is 0 Å². The third-order valence-electron chi connectivity index (χ3n) is 2.89. The van der Waals surface area contributed by atoms with E-state index in [2.05, 4.69) is 36.2 Å². The molecule has 18 heavy (non-hydrogen) atoms. The Morgan fingerprint density at radius 3 is 2.50 bits per heavy atom. The molecule has 1 aliphatic rings. The van der Waals surface area contributed by atoms with Gasteiger partial charge in [-0.2, -0.15) is 4.99 Å². The van der Waals surface area contributed by atoms with Crippen LogP contribution in [-0.2, 0) is 11.2 Å². The summed E-state index contributed by atoms with van der Waals surface area (Å²) in [5, 5.41) is 0. The number of thioether (sulfide) groups is 2. The molecule has 1 heterocycles. The molecule has 0 aromatic heterocycles. The van der Waals surface area contributed by atoms with E-state index in [9.17, 15) is 4.79 Å². The molecule has 0 unspecified atom stereocenters. The summed E-state index contributed by atoms with van der Waals surface area (Å²) in [4.78, 5) is 16.6. The minimum Gasteiger partial charge on any atom is -0.266 e. The minimum atomic E-state index is -0.110. The molecule has 2 rings (SSSR count). The molecule has 2 nitrogen and oxygen atoms in total. The topological polar surface area (TPSA) is 29.4 Å². The van der Waals surface area contributed by atoms with Crippen LogP contribution in [0.5, 0.6) is 0 Å². The number of hydrogen-bond donors (Lipinski definition) is 0. The molecule has 1 aliphatic heterocycles. The van der Waals surface area contributed by atoms with E-state index in [4.69, 9.17) is 0 Å². The lowest BCUT2D eigenvalue weighted by atomic mass is 10.0. The zero-order valence-corrected chi connectivity index (χ0v) is 12.3. The maximum Gasteiger partial charge on any atom is 0.285 e. The monoisotopic (exact) mass is 277 g/mol. The molecule has 94 valence electrons. The largest absolute Gasteiger partial charge is 0.285 e. The maximum atomic E-state index is 11.8. The zero-order chi connectivity index (χ0) is 13.1. The van der Waals surface area contributed by atoms with Crippen LogP contribution in [0.15, 0.2) is 34.2 Å². The molecule has 0 atom stereocenters. The minimum absolute atomic E-state index is 0.110. The van der Waals surface area contributed by atoms with Crippen molar-refractivity contribution < 1.29 is 4.79 Å². The van der Waals surface area contributed by atoms with Crippen molar-refractivity contribution in [2.75, 3.05) is 6.26 Å². The van der Waals surface area contributed by atoms with Gasteiger partial charge in [-0.15, -0.1) is 11.8 Å². The number of rotatable bonds is 2. The van der Waals surface area contributed by atoms with Crippen molar-refractivity contribution in [1.82, 2.24) is 0 Å². The number of allylic oxidation sites excluding steroid dienone is 1. The molecule has 1 amide bonds. The highest BCUT2D eigenvalue weighted by Crippen LogP contribution is 2.36. The molecule has 0 spiro atoms. The smallest absolute Gasteiger partial charge is 0.266 e. The number of benzene rings is 1. The third-order valence-corrected chi connectivity index (χ3v) is 5.03. The van der Waals surface area contributed by atoms with E-state index in [1.807, 2.05) is 13.2 Å². The van der Waals surface area contributed by atoms with Gasteiger partial charge < -0.3 is 0 Å². The van der Waals surface area contributed by atoms with Crippen LogP contribution >= 0.6 is 23.5 Å². The first-order valence-electron chi connectivity index (χ1n) is 5.80. The number of nitrogens with zero attached hydrogens (tertiary/aromatic N) is 1. The quantitative estimate of drug-likeness (QED) is 0.766. The molecule has 1 aromatic rings. The second-order valence-electron chi connectivity index (χ2n) is 3.99. The van der Waals surface area contributed by atoms with Crippen LogP contribution in [0, 0.1) is 0 Å². The van der Waals surface area contributed by atoms with Gasteiger partial charge in [0.15, 0.2) is 0 Å². The Morgan fingerprint density at radius 1 is 1.33 bits per heavy atom. The fraction of sp³-hybridized carbons (Fsp3) is 0.286. The van der Waals surface area contributed by atoms with Crippen LogP contribution < -0.4 is 0 Å². The van der Waals surface area contributed by atoms with Crippen molar-refractivity contribution in [2.24, 2.45) is 4.99 Å². The van der Waals surface area contributed by atoms with E-state index in [1.165, 1.54) is 29.1 Å². The van der Waals surface area contributed by atoms with Gasteiger partial charge in [-0.05, 0) is 36.3 Å². The molecular weight excluding hydrogens is 262 g/mol. The van der Waals surface area contributed by atoms with Crippen molar-refractivity contribution in [2.45, 2.75) is 20.3 Å². The Labute approximate surface area is 116 Å². The van der Waals surface area contributed by atoms with E-state index in [1.54, 1.807) is 0 Å². The van der Waals surface area contributed by atoms with Crippen molar-refractivity contribution in [1.29, 1.82) is 0 Å². The summed E-state index contributed by atoms with van der Waals surface area (Å²) in [5.74, 6) is -0.110. The van der Waals surface area contributed by atoms with Crippen LogP contribution in [0.25, 0.3) is 5.57 Å². The van der Waals surface area contributed by atoms with Gasteiger partial charge in [0, 0.05) is 0 Å². The number of aryl methyl sites for hydroxylation is 1. The number of amides is 1. The van der Waals surface area contributed by atoms with Gasteiger partial charge in [-0.25, -0.2) is 0 Å². The van der Waals surface area contributed by atoms with E-state index < -0.39 is 0 Å². The fourth-order valence-electron chi connectivity index (χ4n) is 1.73. The number of carbonyl (C=O) groups excluding carboxylic acids is 1. The lowest BCUT2D eigenvalue weighted by Crippen LogP contribution is -1.93. The predicted molar refractivity (Wildman–Crippen MR) is 82.0 cm³/mol. The lowest BCUT2D eigenvalue weighted by molar-refractivity contribution is -0.113. The van der Waals surface area contributed by atoms with Gasteiger partial charge in [-0.3, -0.25) is 4.79 Å². The van der Waals surface area contributed by atoms with Crippen molar-refractivity contribution in [3.63, 3.8) is 0 Å². The standard InChI is InChI=1S/C14H15NOS2/c1-4-10-5-7-11(8-6-10)9(2)12-13(16)15-14(17-3)18-12/h5-8H,4H2,1-3H3/b12-9+. The number of aliphatic imine (C=N–C) groups is 1. The van der Waals surface area contributed by atoms with Crippen LogP contribution in [0.3, 0.4) is 0 Å². The molecule has 4 heteroatoms. The Kier molecular flexibility index (Phi) is 4.30. The summed E-state index contributed by atoms with van der Waals surface area (Å²) in [6.45, 7) is 4.12. The predicted octanol–water partition coefficient (Wildman–Crippen LogP) is 3.97. The maximum absolute atomic E-state index is 11.8. The van der Waals surface area contributed by atoms with Gasteiger partial charge in [0.1, 0.15) is 4.38 Å². The first-order chi connectivity index (χ1) is 8.65. The van der Waals surface area contributed by atoms with E-state index in [0.717, 1.165) is 26.8 Å². The SMILES string of the molecule is CCc1ccc(/C(C)=C2/SC(SC)=NC2=O)cc1. The summed E-state index contributed by atoms with van der Waals surface area (Å²) in [6.07, 6.45) is 2.97. The number of hydrogen-bond acceptors (Lipinski definition) is 3. The van der Waals surface area contributed by atoms with E-state index in [0.29, 0.717) is 0 Å². The molecule has 0 fully saturated rings. The van der Waals surface area contributed by atoms with Crippen LogP contribution in [-0.4, -0.2) is 16.5 Å². The normalized spacial score (nSPS) is 17.9. The zero-order valence-electron chi connectivity index (χ0n) is 10.7. The Bertz CT molecular complexity index is 529. The highest BCUT2D eigenvalue weighted by Gasteiger charge is 2.23. The summed E-state index contributed by atoms with van der Waals surface area (Å²) < 4.78 is 0.833. The highest BCUT2D eigenvalue weighted by atomic mass is 32.2. The second-order valence-corrected chi connectivity index (χ2v) is 6.05. The average Bonchev–Trinajstić information content (AvgIpc) is 2.79. The van der Waals surface area contributed by atoms with Gasteiger partial charge in [0.25, 0.3) is 5.91 Å². The molecule has 0 aliphatic carbocycles. The first kappa shape index (κ1) is 13.4. The summed E-state index contributed by atoms with van der Waals surface area (Å²) in [7, 11) is 0. The molecule has 0 radical (unpaired) electrons. The molecule has 1 aromatic carbocycles. The summed E-state index contributed by atoms with van der Waals surface area (Å²) >= 11 is 2.99.